The van der Waals surface area contributed by atoms with Crippen molar-refractivity contribution >= 4 is 17.5 Å². The number of hydrogen-bond acceptors (Lipinski definition) is 7. The normalized spacial score (nSPS) is 11.0. The summed E-state index contributed by atoms with van der Waals surface area (Å²) in [5, 5.41) is 17.0. The van der Waals surface area contributed by atoms with Crippen molar-refractivity contribution < 1.29 is 4.92 Å². The number of hydrogen-bond donors (Lipinski definition) is 2. The Bertz CT molecular complexity index is 466. The summed E-state index contributed by atoms with van der Waals surface area (Å²) in [5.41, 5.74) is -0.103. The van der Waals surface area contributed by atoms with E-state index in [9.17, 15) is 10.1 Å². The molecule has 0 radical (unpaired) electrons. The lowest BCUT2D eigenvalue weighted by atomic mass is 10.3. The molecule has 1 heterocycles. The molecular weight excluding hydrogens is 272 g/mol. The second-order valence-electron chi connectivity index (χ2n) is 5.07. The molecule has 8 heteroatoms. The Balaban J connectivity index is 2.63. The van der Waals surface area contributed by atoms with Crippen LogP contribution in [0.5, 0.6) is 0 Å². The number of aromatic nitrogens is 2. The predicted molar refractivity (Wildman–Crippen MR) is 83.7 cm³/mol. The Morgan fingerprint density at radius 2 is 2.14 bits per heavy atom. The summed E-state index contributed by atoms with van der Waals surface area (Å²) in [7, 11) is 2.06. The van der Waals surface area contributed by atoms with Crippen LogP contribution in [0.2, 0.25) is 0 Å². The van der Waals surface area contributed by atoms with Crippen molar-refractivity contribution in [3.63, 3.8) is 0 Å². The zero-order valence-corrected chi connectivity index (χ0v) is 13.1. The average Bonchev–Trinajstić information content (AvgIpc) is 2.43. The van der Waals surface area contributed by atoms with Crippen LogP contribution in [0.15, 0.2) is 6.20 Å². The summed E-state index contributed by atoms with van der Waals surface area (Å²) in [4.78, 5) is 20.8. The zero-order valence-electron chi connectivity index (χ0n) is 13.1. The third-order valence-electron chi connectivity index (χ3n) is 3.16. The summed E-state index contributed by atoms with van der Waals surface area (Å²) < 4.78 is 0. The van der Waals surface area contributed by atoms with Crippen molar-refractivity contribution in [1.29, 1.82) is 0 Å². The molecule has 0 saturated heterocycles. The highest BCUT2D eigenvalue weighted by atomic mass is 16.6. The highest BCUT2D eigenvalue weighted by Crippen LogP contribution is 2.21. The fraction of sp³-hybridized carbons (Fsp3) is 0.692. The first-order valence-corrected chi connectivity index (χ1v) is 7.15. The minimum absolute atomic E-state index is 0.103. The zero-order chi connectivity index (χ0) is 15.8. The highest BCUT2D eigenvalue weighted by molar-refractivity contribution is 5.56. The van der Waals surface area contributed by atoms with Gasteiger partial charge in [-0.3, -0.25) is 10.1 Å². The molecule has 118 valence electrons. The van der Waals surface area contributed by atoms with Crippen LogP contribution in [-0.2, 0) is 0 Å². The maximum absolute atomic E-state index is 11.0. The molecule has 1 aromatic heterocycles. The van der Waals surface area contributed by atoms with Gasteiger partial charge in [0, 0.05) is 19.1 Å². The Morgan fingerprint density at radius 1 is 1.43 bits per heavy atom. The largest absolute Gasteiger partial charge is 0.364 e. The van der Waals surface area contributed by atoms with Gasteiger partial charge in [0.1, 0.15) is 6.20 Å². The van der Waals surface area contributed by atoms with Gasteiger partial charge in [0.05, 0.1) is 4.92 Å². The lowest BCUT2D eigenvalue weighted by Gasteiger charge is -2.20. The molecule has 0 unspecified atom stereocenters. The molecule has 21 heavy (non-hydrogen) atoms. The Hall–Kier alpha value is -1.96. The van der Waals surface area contributed by atoms with E-state index >= 15 is 0 Å². The van der Waals surface area contributed by atoms with E-state index in [4.69, 9.17) is 0 Å². The summed E-state index contributed by atoms with van der Waals surface area (Å²) in [6, 6.07) is 0.485. The Kier molecular flexibility index (Phi) is 6.80. The van der Waals surface area contributed by atoms with Crippen LogP contribution in [0.4, 0.5) is 17.5 Å². The van der Waals surface area contributed by atoms with Gasteiger partial charge in [0.15, 0.2) is 0 Å². The van der Waals surface area contributed by atoms with Crippen molar-refractivity contribution in [3.05, 3.63) is 16.3 Å². The van der Waals surface area contributed by atoms with Crippen LogP contribution >= 0.6 is 0 Å². The van der Waals surface area contributed by atoms with Gasteiger partial charge in [0.25, 0.3) is 0 Å². The van der Waals surface area contributed by atoms with Crippen LogP contribution in [0.3, 0.4) is 0 Å². The molecule has 0 atom stereocenters. The topological polar surface area (TPSA) is 96.2 Å². The molecule has 0 aliphatic heterocycles. The van der Waals surface area contributed by atoms with Crippen LogP contribution in [0, 0.1) is 10.1 Å². The Morgan fingerprint density at radius 3 is 2.71 bits per heavy atom. The SMILES string of the molecule is CCNc1ncc([N+](=O)[O-])c(NCCCN(C)C(C)C)n1. The first-order chi connectivity index (χ1) is 9.95. The molecule has 2 N–H and O–H groups in total. The standard InChI is InChI=1S/C13H24N6O2/c1-5-14-13-16-9-11(19(20)21)12(17-13)15-7-6-8-18(4)10(2)3/h9-10H,5-8H2,1-4H3,(H2,14,15,16,17). The van der Waals surface area contributed by atoms with Gasteiger partial charge >= 0.3 is 5.69 Å². The number of nitro groups is 1. The fourth-order valence-corrected chi connectivity index (χ4v) is 1.68. The van der Waals surface area contributed by atoms with Crippen LogP contribution in [0.1, 0.15) is 27.2 Å². The summed E-state index contributed by atoms with van der Waals surface area (Å²) in [5.74, 6) is 0.656. The lowest BCUT2D eigenvalue weighted by Crippen LogP contribution is -2.28. The van der Waals surface area contributed by atoms with E-state index in [0.717, 1.165) is 13.0 Å². The van der Waals surface area contributed by atoms with E-state index in [1.807, 2.05) is 6.92 Å². The van der Waals surface area contributed by atoms with E-state index in [-0.39, 0.29) is 11.5 Å². The lowest BCUT2D eigenvalue weighted by molar-refractivity contribution is -0.384. The smallest absolute Gasteiger partial charge is 0.329 e. The van der Waals surface area contributed by atoms with Gasteiger partial charge < -0.3 is 15.5 Å². The number of nitrogens with zero attached hydrogens (tertiary/aromatic N) is 4. The summed E-state index contributed by atoms with van der Waals surface area (Å²) in [6.45, 7) is 8.39. The molecule has 0 spiro atoms. The first kappa shape index (κ1) is 17.1. The quantitative estimate of drug-likeness (QED) is 0.408. The molecule has 0 aliphatic rings. The molecule has 1 aromatic rings. The predicted octanol–water partition coefficient (Wildman–Crippen LogP) is 1.96. The monoisotopic (exact) mass is 296 g/mol. The van der Waals surface area contributed by atoms with E-state index in [2.05, 4.69) is 46.4 Å². The maximum atomic E-state index is 11.0. The van der Waals surface area contributed by atoms with Crippen molar-refractivity contribution in [2.75, 3.05) is 37.3 Å². The van der Waals surface area contributed by atoms with Crippen molar-refractivity contribution in [2.45, 2.75) is 33.2 Å². The average molecular weight is 296 g/mol. The highest BCUT2D eigenvalue weighted by Gasteiger charge is 2.16. The molecule has 8 nitrogen and oxygen atoms in total. The van der Waals surface area contributed by atoms with E-state index < -0.39 is 4.92 Å². The van der Waals surface area contributed by atoms with Gasteiger partial charge in [-0.2, -0.15) is 4.98 Å². The van der Waals surface area contributed by atoms with E-state index in [1.54, 1.807) is 0 Å². The van der Waals surface area contributed by atoms with Crippen LogP contribution in [-0.4, -0.2) is 52.5 Å². The second-order valence-corrected chi connectivity index (χ2v) is 5.07. The maximum Gasteiger partial charge on any atom is 0.329 e. The van der Waals surface area contributed by atoms with Gasteiger partial charge in [-0.05, 0) is 40.8 Å². The molecule has 0 bridgehead atoms. The van der Waals surface area contributed by atoms with E-state index in [1.165, 1.54) is 6.20 Å². The van der Waals surface area contributed by atoms with Crippen molar-refractivity contribution in [1.82, 2.24) is 14.9 Å². The van der Waals surface area contributed by atoms with Gasteiger partial charge in [0.2, 0.25) is 11.8 Å². The van der Waals surface area contributed by atoms with E-state index in [0.29, 0.717) is 25.1 Å². The third-order valence-corrected chi connectivity index (χ3v) is 3.16. The molecule has 1 rings (SSSR count). The minimum Gasteiger partial charge on any atom is -0.364 e. The molecule has 0 aromatic carbocycles. The Labute approximate surface area is 125 Å². The van der Waals surface area contributed by atoms with Gasteiger partial charge in [-0.25, -0.2) is 4.98 Å². The van der Waals surface area contributed by atoms with Crippen molar-refractivity contribution in [2.24, 2.45) is 0 Å². The number of nitrogens with one attached hydrogen (secondary N) is 2. The molecule has 0 aliphatic carbocycles. The second kappa shape index (κ2) is 8.35. The fourth-order valence-electron chi connectivity index (χ4n) is 1.68. The third kappa shape index (κ3) is 5.50. The van der Waals surface area contributed by atoms with Crippen molar-refractivity contribution in [3.8, 4) is 0 Å². The van der Waals surface area contributed by atoms with Crippen LogP contribution < -0.4 is 10.6 Å². The van der Waals surface area contributed by atoms with Gasteiger partial charge in [-0.15, -0.1) is 0 Å². The summed E-state index contributed by atoms with van der Waals surface area (Å²) >= 11 is 0. The van der Waals surface area contributed by atoms with Crippen LogP contribution in [0.25, 0.3) is 0 Å². The molecule has 0 fully saturated rings. The number of rotatable bonds is 9. The molecular formula is C13H24N6O2. The first-order valence-electron chi connectivity index (χ1n) is 7.15. The minimum atomic E-state index is -0.474. The van der Waals surface area contributed by atoms with Gasteiger partial charge in [-0.1, -0.05) is 0 Å². The summed E-state index contributed by atoms with van der Waals surface area (Å²) in [6.07, 6.45) is 2.11. The molecule has 0 amide bonds. The molecule has 0 saturated carbocycles. The number of anilines is 2.